The van der Waals surface area contributed by atoms with Crippen LogP contribution in [-0.2, 0) is 6.42 Å². The van der Waals surface area contributed by atoms with Gasteiger partial charge in [0.25, 0.3) is 0 Å². The van der Waals surface area contributed by atoms with E-state index in [-0.39, 0.29) is 6.10 Å². The number of benzene rings is 1. The minimum atomic E-state index is -0.155. The zero-order valence-electron chi connectivity index (χ0n) is 8.54. The second-order valence-corrected chi connectivity index (χ2v) is 4.64. The molecule has 0 spiro atoms. The summed E-state index contributed by atoms with van der Waals surface area (Å²) in [6.45, 7) is 1.85. The first-order valence-corrected chi connectivity index (χ1v) is 5.90. The lowest BCUT2D eigenvalue weighted by Gasteiger charge is -2.04. The van der Waals surface area contributed by atoms with Crippen LogP contribution in [-0.4, -0.2) is 11.2 Å². The standard InChI is InChI=1S/C12H17BrO/c1-10(14)5-2-3-6-11-7-4-8-12(13)9-11/h4,7-10,14H,2-3,5-6H2,1H3/t10-/m0/s1. The Balaban J connectivity index is 2.25. The summed E-state index contributed by atoms with van der Waals surface area (Å²) in [6.07, 6.45) is 4.11. The van der Waals surface area contributed by atoms with Gasteiger partial charge < -0.3 is 5.11 Å². The largest absolute Gasteiger partial charge is 0.393 e. The lowest BCUT2D eigenvalue weighted by Crippen LogP contribution is -1.98. The molecule has 0 heterocycles. The van der Waals surface area contributed by atoms with E-state index in [4.69, 9.17) is 5.11 Å². The fraction of sp³-hybridized carbons (Fsp3) is 0.500. The number of hydrogen-bond acceptors (Lipinski definition) is 1. The van der Waals surface area contributed by atoms with Crippen LogP contribution in [0.2, 0.25) is 0 Å². The summed E-state index contributed by atoms with van der Waals surface area (Å²) in [5.74, 6) is 0. The number of hydrogen-bond donors (Lipinski definition) is 1. The highest BCUT2D eigenvalue weighted by molar-refractivity contribution is 9.10. The molecule has 1 aromatic rings. The summed E-state index contributed by atoms with van der Waals surface area (Å²) in [5, 5.41) is 9.09. The lowest BCUT2D eigenvalue weighted by molar-refractivity contribution is 0.180. The van der Waals surface area contributed by atoms with Gasteiger partial charge in [0.2, 0.25) is 0 Å². The Kier molecular flexibility index (Phi) is 5.20. The Morgan fingerprint density at radius 2 is 2.14 bits per heavy atom. The average molecular weight is 257 g/mol. The van der Waals surface area contributed by atoms with Crippen LogP contribution in [0.1, 0.15) is 31.7 Å². The maximum absolute atomic E-state index is 9.09. The fourth-order valence-corrected chi connectivity index (χ4v) is 1.91. The molecular weight excluding hydrogens is 240 g/mol. The molecular formula is C12H17BrO. The Morgan fingerprint density at radius 3 is 2.79 bits per heavy atom. The second kappa shape index (κ2) is 6.20. The lowest BCUT2D eigenvalue weighted by atomic mass is 10.1. The predicted molar refractivity (Wildman–Crippen MR) is 63.4 cm³/mol. The van der Waals surface area contributed by atoms with Crippen LogP contribution in [0.15, 0.2) is 28.7 Å². The Morgan fingerprint density at radius 1 is 1.36 bits per heavy atom. The van der Waals surface area contributed by atoms with Crippen molar-refractivity contribution in [3.63, 3.8) is 0 Å². The van der Waals surface area contributed by atoms with Gasteiger partial charge in [-0.25, -0.2) is 0 Å². The van der Waals surface area contributed by atoms with Gasteiger partial charge >= 0.3 is 0 Å². The molecule has 1 nitrogen and oxygen atoms in total. The molecule has 0 fully saturated rings. The van der Waals surface area contributed by atoms with Crippen molar-refractivity contribution in [2.24, 2.45) is 0 Å². The van der Waals surface area contributed by atoms with Crippen LogP contribution in [0, 0.1) is 0 Å². The highest BCUT2D eigenvalue weighted by Gasteiger charge is 1.97. The number of aryl methyl sites for hydroxylation is 1. The van der Waals surface area contributed by atoms with Crippen molar-refractivity contribution in [1.82, 2.24) is 0 Å². The third kappa shape index (κ3) is 4.77. The highest BCUT2D eigenvalue weighted by Crippen LogP contribution is 2.14. The highest BCUT2D eigenvalue weighted by atomic mass is 79.9. The van der Waals surface area contributed by atoms with E-state index < -0.39 is 0 Å². The Bertz CT molecular complexity index is 271. The molecule has 0 aliphatic carbocycles. The molecule has 1 aromatic carbocycles. The van der Waals surface area contributed by atoms with Gasteiger partial charge in [-0.1, -0.05) is 34.5 Å². The quantitative estimate of drug-likeness (QED) is 0.800. The van der Waals surface area contributed by atoms with Gasteiger partial charge in [0.05, 0.1) is 6.10 Å². The molecule has 0 aliphatic heterocycles. The zero-order valence-corrected chi connectivity index (χ0v) is 10.1. The van der Waals surface area contributed by atoms with E-state index in [1.54, 1.807) is 0 Å². The molecule has 1 rings (SSSR count). The zero-order chi connectivity index (χ0) is 10.4. The van der Waals surface area contributed by atoms with Gasteiger partial charge in [0.15, 0.2) is 0 Å². The van der Waals surface area contributed by atoms with Crippen LogP contribution in [0.25, 0.3) is 0 Å². The Labute approximate surface area is 94.3 Å². The number of rotatable bonds is 5. The smallest absolute Gasteiger partial charge is 0.0512 e. The van der Waals surface area contributed by atoms with E-state index in [0.29, 0.717) is 0 Å². The fourth-order valence-electron chi connectivity index (χ4n) is 1.46. The molecule has 0 radical (unpaired) electrons. The summed E-state index contributed by atoms with van der Waals surface area (Å²) in [7, 11) is 0. The van der Waals surface area contributed by atoms with Gasteiger partial charge in [-0.3, -0.25) is 0 Å². The first kappa shape index (κ1) is 11.7. The molecule has 0 saturated carbocycles. The van der Waals surface area contributed by atoms with Gasteiger partial charge in [0.1, 0.15) is 0 Å². The molecule has 78 valence electrons. The molecule has 0 bridgehead atoms. The number of aliphatic hydroxyl groups is 1. The summed E-state index contributed by atoms with van der Waals surface area (Å²) in [6, 6.07) is 8.41. The van der Waals surface area contributed by atoms with E-state index >= 15 is 0 Å². The maximum Gasteiger partial charge on any atom is 0.0512 e. The first-order valence-electron chi connectivity index (χ1n) is 5.11. The normalized spacial score (nSPS) is 12.8. The van der Waals surface area contributed by atoms with Crippen molar-refractivity contribution in [2.75, 3.05) is 0 Å². The number of aliphatic hydroxyl groups excluding tert-OH is 1. The number of halogens is 1. The third-order valence-electron chi connectivity index (χ3n) is 2.23. The minimum Gasteiger partial charge on any atom is -0.393 e. The molecule has 14 heavy (non-hydrogen) atoms. The van der Waals surface area contributed by atoms with Crippen molar-refractivity contribution in [3.05, 3.63) is 34.3 Å². The summed E-state index contributed by atoms with van der Waals surface area (Å²) >= 11 is 3.45. The van der Waals surface area contributed by atoms with Crippen LogP contribution < -0.4 is 0 Å². The SMILES string of the molecule is C[C@H](O)CCCCc1cccc(Br)c1. The molecule has 0 saturated heterocycles. The predicted octanol–water partition coefficient (Wildman–Crippen LogP) is 3.54. The van der Waals surface area contributed by atoms with Crippen molar-refractivity contribution < 1.29 is 5.11 Å². The molecule has 2 heteroatoms. The molecule has 0 unspecified atom stereocenters. The summed E-state index contributed by atoms with van der Waals surface area (Å²) < 4.78 is 1.14. The van der Waals surface area contributed by atoms with Crippen LogP contribution in [0.5, 0.6) is 0 Å². The molecule has 1 atom stereocenters. The minimum absolute atomic E-state index is 0.155. The van der Waals surface area contributed by atoms with Crippen molar-refractivity contribution >= 4 is 15.9 Å². The van der Waals surface area contributed by atoms with Gasteiger partial charge in [-0.2, -0.15) is 0 Å². The monoisotopic (exact) mass is 256 g/mol. The maximum atomic E-state index is 9.09. The van der Waals surface area contributed by atoms with E-state index in [1.165, 1.54) is 5.56 Å². The van der Waals surface area contributed by atoms with Crippen LogP contribution >= 0.6 is 15.9 Å². The van der Waals surface area contributed by atoms with Gasteiger partial charge in [-0.15, -0.1) is 0 Å². The Hall–Kier alpha value is -0.340. The van der Waals surface area contributed by atoms with Crippen molar-refractivity contribution in [3.8, 4) is 0 Å². The summed E-state index contributed by atoms with van der Waals surface area (Å²) in [5.41, 5.74) is 1.37. The topological polar surface area (TPSA) is 20.2 Å². The molecule has 0 amide bonds. The van der Waals surface area contributed by atoms with E-state index in [1.807, 2.05) is 13.0 Å². The summed E-state index contributed by atoms with van der Waals surface area (Å²) in [4.78, 5) is 0. The van der Waals surface area contributed by atoms with E-state index in [2.05, 4.69) is 34.1 Å². The molecule has 1 N–H and O–H groups in total. The molecule has 0 aliphatic rings. The van der Waals surface area contributed by atoms with Gasteiger partial charge in [-0.05, 0) is 43.9 Å². The van der Waals surface area contributed by atoms with E-state index in [0.717, 1.165) is 30.2 Å². The second-order valence-electron chi connectivity index (χ2n) is 3.72. The first-order chi connectivity index (χ1) is 6.68. The van der Waals surface area contributed by atoms with Crippen molar-refractivity contribution in [1.29, 1.82) is 0 Å². The average Bonchev–Trinajstić information content (AvgIpc) is 2.12. The van der Waals surface area contributed by atoms with Gasteiger partial charge in [0, 0.05) is 4.47 Å². The number of unbranched alkanes of at least 4 members (excludes halogenated alkanes) is 1. The van der Waals surface area contributed by atoms with E-state index in [9.17, 15) is 0 Å². The molecule has 0 aromatic heterocycles. The van der Waals surface area contributed by atoms with Crippen LogP contribution in [0.4, 0.5) is 0 Å². The van der Waals surface area contributed by atoms with Crippen molar-refractivity contribution in [2.45, 2.75) is 38.7 Å². The van der Waals surface area contributed by atoms with Crippen LogP contribution in [0.3, 0.4) is 0 Å². The third-order valence-corrected chi connectivity index (χ3v) is 2.72.